The summed E-state index contributed by atoms with van der Waals surface area (Å²) in [7, 11) is -3.83. The number of thiazole rings is 1. The van der Waals surface area contributed by atoms with E-state index in [2.05, 4.69) is 0 Å². The maximum absolute atomic E-state index is 13.9. The van der Waals surface area contributed by atoms with Crippen LogP contribution in [0.15, 0.2) is 84.9 Å². The van der Waals surface area contributed by atoms with Crippen molar-refractivity contribution in [3.63, 3.8) is 0 Å². The molecule has 7 heteroatoms. The van der Waals surface area contributed by atoms with Crippen molar-refractivity contribution in [1.82, 2.24) is 4.34 Å². The van der Waals surface area contributed by atoms with Crippen LogP contribution < -0.4 is 9.05 Å². The van der Waals surface area contributed by atoms with Gasteiger partial charge in [-0.25, -0.2) is 8.90 Å². The van der Waals surface area contributed by atoms with Crippen molar-refractivity contribution in [2.24, 2.45) is 0 Å². The van der Waals surface area contributed by atoms with Gasteiger partial charge in [0.15, 0.2) is 3.95 Å². The van der Waals surface area contributed by atoms with Gasteiger partial charge in [0.2, 0.25) is 0 Å². The second-order valence-electron chi connectivity index (χ2n) is 5.42. The molecule has 0 N–H and O–H groups in total. The third-order valence-corrected chi connectivity index (χ3v) is 7.05. The Hall–Kier alpha value is -2.40. The first-order chi connectivity index (χ1) is 12.7. The molecule has 0 amide bonds. The number of hydrogen-bond acceptors (Lipinski definition) is 5. The number of benzene rings is 3. The van der Waals surface area contributed by atoms with Crippen LogP contribution in [0.3, 0.4) is 0 Å². The lowest BCUT2D eigenvalue weighted by atomic mass is 10.3. The molecule has 0 fully saturated rings. The fourth-order valence-corrected chi connectivity index (χ4v) is 6.07. The lowest BCUT2D eigenvalue weighted by Gasteiger charge is -2.21. The van der Waals surface area contributed by atoms with E-state index in [1.807, 2.05) is 60.7 Å². The third kappa shape index (κ3) is 3.31. The van der Waals surface area contributed by atoms with Crippen LogP contribution in [0.25, 0.3) is 10.2 Å². The van der Waals surface area contributed by atoms with E-state index in [0.717, 1.165) is 10.2 Å². The van der Waals surface area contributed by atoms with Crippen LogP contribution in [0.2, 0.25) is 0 Å². The molecule has 0 spiro atoms. The van der Waals surface area contributed by atoms with E-state index in [1.54, 1.807) is 24.3 Å². The highest BCUT2D eigenvalue weighted by Crippen LogP contribution is 2.52. The Morgan fingerprint density at radius 1 is 0.769 bits per heavy atom. The van der Waals surface area contributed by atoms with Crippen LogP contribution >= 0.6 is 31.3 Å². The van der Waals surface area contributed by atoms with E-state index < -0.39 is 7.75 Å². The van der Waals surface area contributed by atoms with Gasteiger partial charge < -0.3 is 9.05 Å². The summed E-state index contributed by atoms with van der Waals surface area (Å²) in [6.07, 6.45) is 0. The minimum Gasteiger partial charge on any atom is -0.400 e. The lowest BCUT2D eigenvalue weighted by molar-refractivity contribution is 0.376. The molecule has 1 aromatic heterocycles. The quantitative estimate of drug-likeness (QED) is 0.282. The standard InChI is InChI=1S/C19H14NO3PS2/c21-24(22-15-9-3-1-4-10-15,23-16-11-5-2-6-12-16)20-17-13-7-8-14-18(17)26-19(20)25/h1-14H. The molecule has 0 aliphatic rings. The van der Waals surface area contributed by atoms with E-state index in [-0.39, 0.29) is 0 Å². The maximum Gasteiger partial charge on any atom is 0.550 e. The molecule has 0 saturated heterocycles. The Bertz CT molecular complexity index is 1090. The highest BCUT2D eigenvalue weighted by molar-refractivity contribution is 7.74. The smallest absolute Gasteiger partial charge is 0.400 e. The van der Waals surface area contributed by atoms with Crippen molar-refractivity contribution >= 4 is 41.5 Å². The van der Waals surface area contributed by atoms with Gasteiger partial charge in [-0.1, -0.05) is 48.5 Å². The van der Waals surface area contributed by atoms with E-state index >= 15 is 0 Å². The monoisotopic (exact) mass is 399 g/mol. The van der Waals surface area contributed by atoms with Crippen molar-refractivity contribution in [2.75, 3.05) is 0 Å². The average Bonchev–Trinajstić information content (AvgIpc) is 2.99. The summed E-state index contributed by atoms with van der Waals surface area (Å²) >= 11 is 6.86. The molecular formula is C19H14NO3PS2. The molecule has 0 aliphatic heterocycles. The second kappa shape index (κ2) is 7.08. The van der Waals surface area contributed by atoms with Gasteiger partial charge >= 0.3 is 7.75 Å². The molecule has 130 valence electrons. The molecule has 4 aromatic rings. The fourth-order valence-electron chi connectivity index (χ4n) is 2.52. The molecule has 4 nitrogen and oxygen atoms in total. The first-order valence-corrected chi connectivity index (χ1v) is 10.6. The van der Waals surface area contributed by atoms with Crippen molar-refractivity contribution in [2.45, 2.75) is 0 Å². The molecular weight excluding hydrogens is 385 g/mol. The summed E-state index contributed by atoms with van der Waals surface area (Å²) < 4.78 is 28.5. The molecule has 0 atom stereocenters. The summed E-state index contributed by atoms with van der Waals surface area (Å²) in [5.41, 5.74) is 0.720. The Kier molecular flexibility index (Phi) is 4.64. The summed E-state index contributed by atoms with van der Waals surface area (Å²) in [4.78, 5) is 0. The van der Waals surface area contributed by atoms with E-state index in [1.165, 1.54) is 15.7 Å². The number of rotatable bonds is 5. The Morgan fingerprint density at radius 2 is 1.27 bits per heavy atom. The van der Waals surface area contributed by atoms with Crippen LogP contribution in [0.4, 0.5) is 0 Å². The van der Waals surface area contributed by atoms with E-state index in [9.17, 15) is 4.57 Å². The Morgan fingerprint density at radius 3 is 1.85 bits per heavy atom. The van der Waals surface area contributed by atoms with Crippen LogP contribution in [0.1, 0.15) is 0 Å². The summed E-state index contributed by atoms with van der Waals surface area (Å²) in [6, 6.07) is 25.5. The molecule has 0 radical (unpaired) electrons. The molecule has 3 aromatic carbocycles. The number of aromatic nitrogens is 1. The fraction of sp³-hybridized carbons (Fsp3) is 0. The SMILES string of the molecule is O=P(Oc1ccccc1)(Oc1ccccc1)n1c(=S)sc2ccccc21. The largest absolute Gasteiger partial charge is 0.550 e. The van der Waals surface area contributed by atoms with E-state index in [4.69, 9.17) is 21.3 Å². The predicted octanol–water partition coefficient (Wildman–Crippen LogP) is 6.55. The van der Waals surface area contributed by atoms with Gasteiger partial charge in [-0.3, -0.25) is 0 Å². The van der Waals surface area contributed by atoms with Gasteiger partial charge in [0.05, 0.1) is 10.2 Å². The van der Waals surface area contributed by atoms with Crippen LogP contribution in [-0.4, -0.2) is 4.34 Å². The summed E-state index contributed by atoms with van der Waals surface area (Å²) in [5.74, 6) is 0.896. The first kappa shape index (κ1) is 17.0. The number of para-hydroxylation sites is 3. The highest BCUT2D eigenvalue weighted by atomic mass is 32.1. The van der Waals surface area contributed by atoms with Gasteiger partial charge in [0.1, 0.15) is 11.5 Å². The third-order valence-electron chi connectivity index (χ3n) is 3.64. The van der Waals surface area contributed by atoms with E-state index in [0.29, 0.717) is 15.5 Å². The van der Waals surface area contributed by atoms with Crippen molar-refractivity contribution in [3.8, 4) is 11.5 Å². The Labute approximate surface area is 159 Å². The van der Waals surface area contributed by atoms with Gasteiger partial charge in [-0.2, -0.15) is 0 Å². The molecule has 26 heavy (non-hydrogen) atoms. The Balaban J connectivity index is 1.88. The number of fused-ring (bicyclic) bond motifs is 1. The van der Waals surface area contributed by atoms with Gasteiger partial charge in [0.25, 0.3) is 0 Å². The molecule has 0 aliphatic carbocycles. The highest BCUT2D eigenvalue weighted by Gasteiger charge is 2.34. The summed E-state index contributed by atoms with van der Waals surface area (Å²) in [5, 5.41) is 0. The molecule has 0 unspecified atom stereocenters. The summed E-state index contributed by atoms with van der Waals surface area (Å²) in [6.45, 7) is 0. The van der Waals surface area contributed by atoms with Crippen molar-refractivity contribution in [1.29, 1.82) is 0 Å². The van der Waals surface area contributed by atoms with Crippen LogP contribution in [-0.2, 0) is 4.57 Å². The lowest BCUT2D eigenvalue weighted by Crippen LogP contribution is -2.09. The minimum absolute atomic E-state index is 0.432. The number of hydrogen-bond donors (Lipinski definition) is 0. The molecule has 0 saturated carbocycles. The molecule has 1 heterocycles. The van der Waals surface area contributed by atoms with Gasteiger partial charge in [-0.05, 0) is 48.6 Å². The molecule has 4 rings (SSSR count). The number of nitrogens with zero attached hydrogens (tertiary/aromatic N) is 1. The molecule has 0 bridgehead atoms. The predicted molar refractivity (Wildman–Crippen MR) is 108 cm³/mol. The van der Waals surface area contributed by atoms with Crippen LogP contribution in [0, 0.1) is 3.95 Å². The van der Waals surface area contributed by atoms with Crippen LogP contribution in [0.5, 0.6) is 11.5 Å². The zero-order chi connectivity index (χ0) is 18.0. The maximum atomic E-state index is 13.9. The van der Waals surface area contributed by atoms with Gasteiger partial charge in [-0.15, -0.1) is 11.3 Å². The topological polar surface area (TPSA) is 40.5 Å². The van der Waals surface area contributed by atoms with Crippen molar-refractivity contribution < 1.29 is 13.6 Å². The first-order valence-electron chi connectivity index (χ1n) is 7.86. The van der Waals surface area contributed by atoms with Gasteiger partial charge in [0, 0.05) is 0 Å². The normalized spacial score (nSPS) is 11.4. The zero-order valence-corrected chi connectivity index (χ0v) is 16.0. The minimum atomic E-state index is -3.83. The average molecular weight is 399 g/mol. The zero-order valence-electron chi connectivity index (χ0n) is 13.5. The van der Waals surface area contributed by atoms with Crippen molar-refractivity contribution in [3.05, 3.63) is 88.9 Å². The second-order valence-corrected chi connectivity index (χ2v) is 8.80.